The second-order valence-corrected chi connectivity index (χ2v) is 6.96. The molecule has 1 amide bonds. The van der Waals surface area contributed by atoms with Crippen molar-refractivity contribution in [2.24, 2.45) is 11.7 Å². The molecule has 18 heteroatoms. The molecule has 0 aliphatic rings. The monoisotopic (exact) mass is 566 g/mol. The summed E-state index contributed by atoms with van der Waals surface area (Å²) in [6, 6.07) is -0.00798. The Balaban J connectivity index is 0. The van der Waals surface area contributed by atoms with Crippen LogP contribution in [0.1, 0.15) is 27.6 Å². The molecule has 0 aromatic heterocycles. The fourth-order valence-corrected chi connectivity index (χ4v) is 1.76. The van der Waals surface area contributed by atoms with E-state index < -0.39 is 68.8 Å². The minimum Gasteiger partial charge on any atom is -0.302 e. The van der Waals surface area contributed by atoms with Gasteiger partial charge in [0.1, 0.15) is 16.0 Å². The van der Waals surface area contributed by atoms with Crippen LogP contribution in [0.25, 0.3) is 0 Å². The van der Waals surface area contributed by atoms with E-state index in [4.69, 9.17) is 40.0 Å². The van der Waals surface area contributed by atoms with E-state index in [0.29, 0.717) is 0 Å². The third kappa shape index (κ3) is 10.8. The SMILES string of the molecule is CC(Cl)Cl.NNC(=O)c1c(F)c(F)cc(F)c1F.NNO.O=C(Cl)c1c(F)c(F)cc(F)c1F. The molecule has 0 aliphatic carbocycles. The fourth-order valence-electron chi connectivity index (χ4n) is 1.59. The molecule has 0 spiro atoms. The van der Waals surface area contributed by atoms with Crippen LogP contribution in [0.3, 0.4) is 0 Å². The normalized spacial score (nSPS) is 9.65. The molecule has 2 rings (SSSR count). The predicted octanol–water partition coefficient (Wildman–Crippen LogP) is 4.12. The number of hydrogen-bond acceptors (Lipinski definition) is 6. The van der Waals surface area contributed by atoms with E-state index >= 15 is 0 Å². The highest BCUT2D eigenvalue weighted by atomic mass is 35.5. The zero-order valence-electron chi connectivity index (χ0n) is 16.3. The van der Waals surface area contributed by atoms with Gasteiger partial charge in [-0.3, -0.25) is 15.0 Å². The Morgan fingerprint density at radius 1 is 0.794 bits per heavy atom. The van der Waals surface area contributed by atoms with Crippen LogP contribution in [0, 0.1) is 46.5 Å². The quantitative estimate of drug-likeness (QED) is 0.0706. The molecule has 0 bridgehead atoms. The number of hydrazine groups is 2. The van der Waals surface area contributed by atoms with Crippen LogP contribution in [0.5, 0.6) is 0 Å². The molecule has 7 nitrogen and oxygen atoms in total. The molecule has 0 heterocycles. The molecule has 34 heavy (non-hydrogen) atoms. The summed E-state index contributed by atoms with van der Waals surface area (Å²) in [4.78, 5) is 20.8. The van der Waals surface area contributed by atoms with Crippen molar-refractivity contribution in [3.8, 4) is 0 Å². The van der Waals surface area contributed by atoms with Gasteiger partial charge in [-0.25, -0.2) is 46.8 Å². The number of nitrogen functional groups attached to an aromatic ring is 1. The largest absolute Gasteiger partial charge is 0.302 e. The Labute approximate surface area is 200 Å². The predicted molar refractivity (Wildman–Crippen MR) is 105 cm³/mol. The highest BCUT2D eigenvalue weighted by Crippen LogP contribution is 2.21. The van der Waals surface area contributed by atoms with E-state index in [-0.39, 0.29) is 17.0 Å². The first kappa shape index (κ1) is 33.9. The van der Waals surface area contributed by atoms with Crippen molar-refractivity contribution in [3.05, 3.63) is 69.8 Å². The minimum atomic E-state index is -1.79. The second-order valence-electron chi connectivity index (χ2n) is 5.08. The van der Waals surface area contributed by atoms with Crippen molar-refractivity contribution >= 4 is 46.0 Å². The Morgan fingerprint density at radius 2 is 1.03 bits per heavy atom. The van der Waals surface area contributed by atoms with E-state index in [1.807, 2.05) is 0 Å². The van der Waals surface area contributed by atoms with Gasteiger partial charge in [-0.15, -0.1) is 28.8 Å². The lowest BCUT2D eigenvalue weighted by atomic mass is 10.1. The molecule has 0 saturated heterocycles. The maximum absolute atomic E-state index is 12.8. The summed E-state index contributed by atoms with van der Waals surface area (Å²) in [5.41, 5.74) is -0.187. The Morgan fingerprint density at radius 3 is 1.24 bits per heavy atom. The molecule has 0 aliphatic heterocycles. The van der Waals surface area contributed by atoms with E-state index in [2.05, 4.69) is 11.7 Å². The molecular formula is C16H13Cl3F8N4O3. The van der Waals surface area contributed by atoms with E-state index in [1.54, 1.807) is 6.92 Å². The van der Waals surface area contributed by atoms with Crippen LogP contribution < -0.4 is 22.7 Å². The van der Waals surface area contributed by atoms with E-state index in [1.165, 1.54) is 11.0 Å². The highest BCUT2D eigenvalue weighted by Gasteiger charge is 2.24. The summed E-state index contributed by atoms with van der Waals surface area (Å²) < 4.78 is 101. The molecule has 2 aromatic carbocycles. The van der Waals surface area contributed by atoms with Gasteiger partial charge in [0.2, 0.25) is 0 Å². The number of nitrogens with one attached hydrogen (secondary N) is 2. The van der Waals surface area contributed by atoms with Crippen molar-refractivity contribution < 1.29 is 49.9 Å². The van der Waals surface area contributed by atoms with Gasteiger partial charge in [0.05, 0.1) is 0 Å². The molecule has 192 valence electrons. The number of rotatable bonds is 2. The van der Waals surface area contributed by atoms with Gasteiger partial charge in [0, 0.05) is 12.1 Å². The lowest BCUT2D eigenvalue weighted by Crippen LogP contribution is -2.32. The van der Waals surface area contributed by atoms with Crippen LogP contribution in [-0.2, 0) is 0 Å². The lowest BCUT2D eigenvalue weighted by Gasteiger charge is -2.04. The third-order valence-electron chi connectivity index (χ3n) is 2.78. The average molecular weight is 568 g/mol. The Bertz CT molecular complexity index is 948. The van der Waals surface area contributed by atoms with Crippen LogP contribution in [0.4, 0.5) is 35.1 Å². The second kappa shape index (κ2) is 16.4. The summed E-state index contributed by atoms with van der Waals surface area (Å²) >= 11 is 14.8. The average Bonchev–Trinajstić information content (AvgIpc) is 2.71. The van der Waals surface area contributed by atoms with Crippen molar-refractivity contribution in [3.63, 3.8) is 0 Å². The third-order valence-corrected chi connectivity index (χ3v) is 2.97. The lowest BCUT2D eigenvalue weighted by molar-refractivity contribution is 0.0942. The topological polar surface area (TPSA) is 130 Å². The number of halogens is 11. The van der Waals surface area contributed by atoms with Gasteiger partial charge in [0.15, 0.2) is 46.5 Å². The van der Waals surface area contributed by atoms with Gasteiger partial charge < -0.3 is 5.21 Å². The fraction of sp³-hybridized carbons (Fsp3) is 0.125. The molecule has 0 atom stereocenters. The smallest absolute Gasteiger partial charge is 0.271 e. The summed E-state index contributed by atoms with van der Waals surface area (Å²) in [7, 11) is 0. The van der Waals surface area contributed by atoms with Crippen molar-refractivity contribution in [2.45, 2.75) is 11.8 Å². The summed E-state index contributed by atoms with van der Waals surface area (Å²) in [5.74, 6) is -6.54. The molecular weight excluding hydrogens is 555 g/mol. The standard InChI is InChI=1S/C7HClF4O.C7H4F4N2O.C2H4Cl2.H4N2O/c8-7(13)4-5(11)2(9)1-3(10)6(4)12;8-2-1-3(9)6(11)4(5(2)10)7(14)13-12;1-2(3)4;1-2-3/h1H;1H,12H2,(H,13,14);2H,1H3;2-3H,1H2. The highest BCUT2D eigenvalue weighted by molar-refractivity contribution is 6.67. The first-order valence-corrected chi connectivity index (χ1v) is 9.08. The number of carbonyl (C=O) groups excluding carboxylic acids is 2. The molecule has 0 radical (unpaired) electrons. The van der Waals surface area contributed by atoms with Gasteiger partial charge in [-0.2, -0.15) is 0 Å². The molecule has 0 fully saturated rings. The van der Waals surface area contributed by atoms with Crippen LogP contribution in [0.2, 0.25) is 0 Å². The Hall–Kier alpha value is -2.27. The minimum absolute atomic E-state index is 0.00202. The van der Waals surface area contributed by atoms with Gasteiger partial charge in [0.25, 0.3) is 11.1 Å². The van der Waals surface area contributed by atoms with Crippen LogP contribution in [-0.4, -0.2) is 21.2 Å². The summed E-state index contributed by atoms with van der Waals surface area (Å²) in [6.07, 6.45) is 0. The number of alkyl halides is 2. The van der Waals surface area contributed by atoms with E-state index in [0.717, 1.165) is 0 Å². The van der Waals surface area contributed by atoms with Crippen molar-refractivity contribution in [1.82, 2.24) is 11.0 Å². The van der Waals surface area contributed by atoms with E-state index in [9.17, 15) is 44.7 Å². The number of benzene rings is 2. The maximum atomic E-state index is 12.8. The summed E-state index contributed by atoms with van der Waals surface area (Å²) in [6.45, 7) is 1.70. The molecule has 0 unspecified atom stereocenters. The molecule has 0 saturated carbocycles. The van der Waals surface area contributed by atoms with Crippen molar-refractivity contribution in [1.29, 1.82) is 0 Å². The Kier molecular flexibility index (Phi) is 16.3. The number of amides is 1. The van der Waals surface area contributed by atoms with Crippen molar-refractivity contribution in [2.75, 3.05) is 0 Å². The zero-order chi connectivity index (χ0) is 27.3. The first-order valence-electron chi connectivity index (χ1n) is 7.83. The van der Waals surface area contributed by atoms with Gasteiger partial charge in [-0.1, -0.05) is 0 Å². The maximum Gasteiger partial charge on any atom is 0.271 e. The van der Waals surface area contributed by atoms with Gasteiger partial charge in [-0.05, 0) is 18.5 Å². The number of hydrogen-bond donors (Lipinski definition) is 5. The molecule has 2 aromatic rings. The van der Waals surface area contributed by atoms with Crippen LogP contribution >= 0.6 is 34.8 Å². The van der Waals surface area contributed by atoms with Gasteiger partial charge >= 0.3 is 0 Å². The number of nitrogens with two attached hydrogens (primary N) is 2. The zero-order valence-corrected chi connectivity index (χ0v) is 18.6. The summed E-state index contributed by atoms with van der Waals surface area (Å²) in [5, 5.41) is 5.51. The molecule has 7 N–H and O–H groups in total. The number of carbonyl (C=O) groups is 2. The van der Waals surface area contributed by atoms with Crippen LogP contribution in [0.15, 0.2) is 12.1 Å². The first-order chi connectivity index (χ1) is 15.6.